The van der Waals surface area contributed by atoms with Crippen LogP contribution in [0.4, 0.5) is 0 Å². The van der Waals surface area contributed by atoms with E-state index in [0.717, 1.165) is 11.3 Å². The van der Waals surface area contributed by atoms with E-state index in [0.29, 0.717) is 5.56 Å². The van der Waals surface area contributed by atoms with Crippen LogP contribution in [0.25, 0.3) is 49.4 Å². The Balaban J connectivity index is 1.69. The predicted molar refractivity (Wildman–Crippen MR) is 136 cm³/mol. The molecule has 0 unspecified atom stereocenters. The molecule has 32 heavy (non-hydrogen) atoms. The molecule has 0 aliphatic carbocycles. The average molecular weight is 420 g/mol. The smallest absolute Gasteiger partial charge is 0.212 e. The molecule has 2 nitrogen and oxygen atoms in total. The molecule has 3 aromatic heterocycles. The van der Waals surface area contributed by atoms with Gasteiger partial charge in [0.15, 0.2) is 6.20 Å². The van der Waals surface area contributed by atoms with Gasteiger partial charge in [-0.15, -0.1) is 0 Å². The zero-order valence-corrected chi connectivity index (χ0v) is 19.3. The summed E-state index contributed by atoms with van der Waals surface area (Å²) in [4.78, 5) is 0. The Morgan fingerprint density at radius 1 is 0.844 bits per heavy atom. The molecule has 0 aliphatic heterocycles. The van der Waals surface area contributed by atoms with Crippen molar-refractivity contribution >= 4 is 38.1 Å². The largest absolute Gasteiger partial charge is 0.308 e. The van der Waals surface area contributed by atoms with Gasteiger partial charge in [0.2, 0.25) is 5.69 Å². The van der Waals surface area contributed by atoms with Crippen LogP contribution in [0.3, 0.4) is 0 Å². The number of hydrogen-bond donors (Lipinski definition) is 0. The minimum atomic E-state index is -1.44. The van der Waals surface area contributed by atoms with Crippen LogP contribution >= 0.6 is 0 Å². The number of nitrogens with zero attached hydrogens (tertiary/aromatic N) is 2. The van der Waals surface area contributed by atoms with Gasteiger partial charge in [-0.1, -0.05) is 57.2 Å². The Hall–Kier alpha value is -3.39. The van der Waals surface area contributed by atoms with Crippen LogP contribution < -0.4 is 4.57 Å². The van der Waals surface area contributed by atoms with Crippen molar-refractivity contribution in [3.8, 4) is 11.3 Å². The van der Waals surface area contributed by atoms with Gasteiger partial charge in [0.1, 0.15) is 7.05 Å². The third-order valence-corrected chi connectivity index (χ3v) is 6.51. The van der Waals surface area contributed by atoms with Gasteiger partial charge in [-0.05, 0) is 48.0 Å². The topological polar surface area (TPSA) is 8.29 Å². The maximum atomic E-state index is 8.81. The van der Waals surface area contributed by atoms with E-state index in [-0.39, 0.29) is 0 Å². The van der Waals surface area contributed by atoms with Crippen LogP contribution in [0.15, 0.2) is 72.9 Å². The van der Waals surface area contributed by atoms with Crippen LogP contribution in [0.2, 0.25) is 0 Å². The van der Waals surface area contributed by atoms with Crippen molar-refractivity contribution in [1.29, 1.82) is 0 Å². The molecule has 0 bridgehead atoms. The second-order valence-corrected chi connectivity index (χ2v) is 10.0. The minimum absolute atomic E-state index is 0.505. The van der Waals surface area contributed by atoms with E-state index in [1.54, 1.807) is 0 Å². The van der Waals surface area contributed by atoms with Gasteiger partial charge in [-0.3, -0.25) is 0 Å². The summed E-state index contributed by atoms with van der Waals surface area (Å²) < 4.78 is 22.1. The first-order chi connectivity index (χ1) is 16.1. The molecule has 2 heteroatoms. The van der Waals surface area contributed by atoms with Gasteiger partial charge in [0.05, 0.1) is 22.1 Å². The standard InChI is InChI=1S/C30H29N2/c1-19-15-25-23-11-8-10-22-21-9-6-7-12-26(21)32(29(22)23)28(25)17-24(19)27-16-20(13-14-31(27)5)18-30(2,3)4/h6-17H,18H2,1-5H3/q+1/i18D2. The fraction of sp³-hybridized carbons (Fsp3) is 0.233. The fourth-order valence-corrected chi connectivity index (χ4v) is 5.21. The number of fused-ring (bicyclic) bond motifs is 6. The fourth-order valence-electron chi connectivity index (χ4n) is 5.21. The van der Waals surface area contributed by atoms with Crippen molar-refractivity contribution in [2.75, 3.05) is 0 Å². The highest BCUT2D eigenvalue weighted by Crippen LogP contribution is 2.40. The summed E-state index contributed by atoms with van der Waals surface area (Å²) in [6.07, 6.45) is 0.540. The van der Waals surface area contributed by atoms with Crippen LogP contribution in [0.5, 0.6) is 0 Å². The maximum absolute atomic E-state index is 8.81. The minimum Gasteiger partial charge on any atom is -0.308 e. The summed E-state index contributed by atoms with van der Waals surface area (Å²) in [5, 5.41) is 5.10. The third kappa shape index (κ3) is 2.75. The highest BCUT2D eigenvalue weighted by molar-refractivity contribution is 6.23. The Morgan fingerprint density at radius 3 is 2.34 bits per heavy atom. The molecule has 0 saturated carbocycles. The number of pyridine rings is 1. The van der Waals surface area contributed by atoms with E-state index < -0.39 is 11.8 Å². The molecular formula is C30H29N2+. The summed E-state index contributed by atoms with van der Waals surface area (Å²) in [6.45, 7) is 8.03. The number of rotatable bonds is 2. The molecule has 0 atom stereocenters. The van der Waals surface area contributed by atoms with Gasteiger partial charge in [-0.25, -0.2) is 4.57 Å². The lowest BCUT2D eigenvalue weighted by Crippen LogP contribution is -2.31. The molecule has 0 fully saturated rings. The van der Waals surface area contributed by atoms with Crippen molar-refractivity contribution in [3.63, 3.8) is 0 Å². The third-order valence-electron chi connectivity index (χ3n) is 6.51. The van der Waals surface area contributed by atoms with Gasteiger partial charge in [0.25, 0.3) is 0 Å². The summed E-state index contributed by atoms with van der Waals surface area (Å²) in [5.41, 5.74) is 7.24. The van der Waals surface area contributed by atoms with E-state index in [1.165, 1.54) is 43.7 Å². The maximum Gasteiger partial charge on any atom is 0.212 e. The predicted octanol–water partition coefficient (Wildman–Crippen LogP) is 7.23. The molecule has 0 aliphatic rings. The van der Waals surface area contributed by atoms with Crippen LogP contribution in [-0.2, 0) is 13.4 Å². The summed E-state index contributed by atoms with van der Waals surface area (Å²) in [6, 6.07) is 23.8. The first-order valence-corrected chi connectivity index (χ1v) is 11.3. The van der Waals surface area contributed by atoms with E-state index in [4.69, 9.17) is 2.74 Å². The van der Waals surface area contributed by atoms with Crippen molar-refractivity contribution in [3.05, 3.63) is 84.1 Å². The Morgan fingerprint density at radius 2 is 1.56 bits per heavy atom. The monoisotopic (exact) mass is 419 g/mol. The molecular weight excluding hydrogens is 388 g/mol. The van der Waals surface area contributed by atoms with Gasteiger partial charge in [0, 0.05) is 36.4 Å². The SMILES string of the molecule is [2H]C([2H])(c1cc[n+](C)c(-c2cc3c(cc2C)c2cccc4c5ccccc5n3c42)c1)C(C)(C)C. The summed E-state index contributed by atoms with van der Waals surface area (Å²) in [7, 11) is 2.04. The second kappa shape index (κ2) is 6.56. The average Bonchev–Trinajstić information content (AvgIpc) is 3.30. The van der Waals surface area contributed by atoms with Crippen molar-refractivity contribution in [2.45, 2.75) is 34.1 Å². The van der Waals surface area contributed by atoms with E-state index in [9.17, 15) is 0 Å². The summed E-state index contributed by atoms with van der Waals surface area (Å²) >= 11 is 0. The van der Waals surface area contributed by atoms with Gasteiger partial charge < -0.3 is 4.40 Å². The molecule has 3 heterocycles. The van der Waals surface area contributed by atoms with Crippen molar-refractivity contribution in [1.82, 2.24) is 4.40 Å². The second-order valence-electron chi connectivity index (χ2n) is 10.0. The van der Waals surface area contributed by atoms with E-state index >= 15 is 0 Å². The van der Waals surface area contributed by atoms with Crippen LogP contribution in [0, 0.1) is 12.3 Å². The molecule has 0 saturated heterocycles. The van der Waals surface area contributed by atoms with E-state index in [1.807, 2.05) is 46.1 Å². The molecule has 0 amide bonds. The van der Waals surface area contributed by atoms with E-state index in [2.05, 4.69) is 70.5 Å². The Bertz CT molecular complexity index is 1730. The number of para-hydroxylation sites is 2. The van der Waals surface area contributed by atoms with Crippen molar-refractivity contribution < 1.29 is 7.31 Å². The lowest BCUT2D eigenvalue weighted by atomic mass is 9.88. The summed E-state index contributed by atoms with van der Waals surface area (Å²) in [5.74, 6) is 0. The lowest BCUT2D eigenvalue weighted by Gasteiger charge is -2.18. The molecule has 0 N–H and O–H groups in total. The first kappa shape index (κ1) is 17.2. The van der Waals surface area contributed by atoms with Crippen LogP contribution in [-0.4, -0.2) is 4.40 Å². The number of aryl methyl sites for hydroxylation is 2. The highest BCUT2D eigenvalue weighted by Gasteiger charge is 2.21. The Kier molecular flexibility index (Phi) is 3.52. The van der Waals surface area contributed by atoms with Gasteiger partial charge >= 0.3 is 0 Å². The lowest BCUT2D eigenvalue weighted by molar-refractivity contribution is -0.660. The van der Waals surface area contributed by atoms with Gasteiger partial charge in [-0.2, -0.15) is 0 Å². The molecule has 0 radical (unpaired) electrons. The molecule has 6 rings (SSSR count). The quantitative estimate of drug-likeness (QED) is 0.262. The zero-order valence-electron chi connectivity index (χ0n) is 21.3. The van der Waals surface area contributed by atoms with Crippen LogP contribution in [0.1, 0.15) is 34.6 Å². The molecule has 3 aromatic carbocycles. The first-order valence-electron chi connectivity index (χ1n) is 12.3. The number of benzene rings is 3. The molecule has 0 spiro atoms. The van der Waals surface area contributed by atoms with Crippen molar-refractivity contribution in [2.24, 2.45) is 12.5 Å². The number of aromatic nitrogens is 2. The molecule has 158 valence electrons. The zero-order chi connectivity index (χ0) is 24.0. The Labute approximate surface area is 191 Å². The molecule has 6 aromatic rings. The number of hydrogen-bond acceptors (Lipinski definition) is 0. The normalized spacial score (nSPS) is 14.0. The highest BCUT2D eigenvalue weighted by atomic mass is 14.9.